The molecule has 30 heavy (non-hydrogen) atoms. The summed E-state index contributed by atoms with van der Waals surface area (Å²) in [5.41, 5.74) is 2.41. The normalized spacial score (nSPS) is 17.9. The summed E-state index contributed by atoms with van der Waals surface area (Å²) in [6.45, 7) is 4.27. The maximum absolute atomic E-state index is 13.4. The monoisotopic (exact) mass is 403 g/mol. The Balaban J connectivity index is 1.69. The van der Waals surface area contributed by atoms with Gasteiger partial charge in [-0.15, -0.1) is 0 Å². The number of hydrogen-bond acceptors (Lipinski definition) is 3. The van der Waals surface area contributed by atoms with Gasteiger partial charge in [0.1, 0.15) is 5.82 Å². The lowest BCUT2D eigenvalue weighted by atomic mass is 9.88. The molecule has 0 bridgehead atoms. The third kappa shape index (κ3) is 3.42. The van der Waals surface area contributed by atoms with Crippen LogP contribution in [0.3, 0.4) is 0 Å². The molecule has 0 radical (unpaired) electrons. The smallest absolute Gasteiger partial charge is 0.264 e. The SMILES string of the molecule is Cc1ccc(C)c(CN2C(=O)[C@](O)(CC(=O)c3ccc(F)cc3)c3ccccc32)c1. The van der Waals surface area contributed by atoms with E-state index in [2.05, 4.69) is 0 Å². The fourth-order valence-electron chi connectivity index (χ4n) is 3.95. The van der Waals surface area contributed by atoms with Gasteiger partial charge in [0.05, 0.1) is 18.7 Å². The van der Waals surface area contributed by atoms with E-state index in [4.69, 9.17) is 0 Å². The largest absolute Gasteiger partial charge is 0.375 e. The molecule has 0 spiro atoms. The van der Waals surface area contributed by atoms with Crippen molar-refractivity contribution < 1.29 is 19.1 Å². The first kappa shape index (κ1) is 20.0. The van der Waals surface area contributed by atoms with Gasteiger partial charge < -0.3 is 10.0 Å². The molecule has 1 heterocycles. The van der Waals surface area contributed by atoms with E-state index in [0.29, 0.717) is 17.8 Å². The molecule has 4 rings (SSSR count). The van der Waals surface area contributed by atoms with E-state index in [1.54, 1.807) is 24.3 Å². The molecule has 0 fully saturated rings. The summed E-state index contributed by atoms with van der Waals surface area (Å²) in [6.07, 6.45) is -0.405. The van der Waals surface area contributed by atoms with E-state index in [1.807, 2.05) is 32.0 Å². The summed E-state index contributed by atoms with van der Waals surface area (Å²) in [5, 5.41) is 11.4. The minimum absolute atomic E-state index is 0.253. The van der Waals surface area contributed by atoms with Crippen LogP contribution in [0.15, 0.2) is 66.7 Å². The average molecular weight is 403 g/mol. The number of hydrogen-bond donors (Lipinski definition) is 1. The third-order valence-electron chi connectivity index (χ3n) is 5.66. The van der Waals surface area contributed by atoms with Crippen LogP contribution >= 0.6 is 0 Å². The van der Waals surface area contributed by atoms with Crippen LogP contribution in [0.25, 0.3) is 0 Å². The molecule has 1 amide bonds. The van der Waals surface area contributed by atoms with Crippen molar-refractivity contribution in [3.05, 3.63) is 100 Å². The lowest BCUT2D eigenvalue weighted by Gasteiger charge is -2.23. The van der Waals surface area contributed by atoms with Gasteiger partial charge in [-0.3, -0.25) is 9.59 Å². The maximum atomic E-state index is 13.4. The first-order valence-electron chi connectivity index (χ1n) is 9.78. The number of aliphatic hydroxyl groups is 1. The Morgan fingerprint density at radius 2 is 1.73 bits per heavy atom. The number of Topliss-reactive ketones (excluding diaryl/α,β-unsaturated/α-hetero) is 1. The number of amides is 1. The summed E-state index contributed by atoms with van der Waals surface area (Å²) < 4.78 is 13.2. The lowest BCUT2D eigenvalue weighted by Crippen LogP contribution is -2.41. The van der Waals surface area contributed by atoms with Crippen LogP contribution in [-0.4, -0.2) is 16.8 Å². The van der Waals surface area contributed by atoms with E-state index in [9.17, 15) is 19.1 Å². The predicted octanol–water partition coefficient (Wildman–Crippen LogP) is 4.45. The van der Waals surface area contributed by atoms with Gasteiger partial charge in [0.25, 0.3) is 5.91 Å². The Bertz CT molecular complexity index is 1140. The highest BCUT2D eigenvalue weighted by Gasteiger charge is 2.50. The van der Waals surface area contributed by atoms with Crippen molar-refractivity contribution in [1.82, 2.24) is 0 Å². The zero-order valence-corrected chi connectivity index (χ0v) is 16.9. The van der Waals surface area contributed by atoms with Gasteiger partial charge in [-0.25, -0.2) is 4.39 Å². The van der Waals surface area contributed by atoms with Crippen LogP contribution in [0.2, 0.25) is 0 Å². The van der Waals surface area contributed by atoms with Gasteiger partial charge in [-0.05, 0) is 55.3 Å². The molecule has 0 saturated heterocycles. The molecule has 152 valence electrons. The number of carbonyl (C=O) groups excluding carboxylic acids is 2. The Kier molecular flexibility index (Phi) is 5.00. The van der Waals surface area contributed by atoms with E-state index in [1.165, 1.54) is 29.2 Å². The van der Waals surface area contributed by atoms with Crippen molar-refractivity contribution in [3.63, 3.8) is 0 Å². The molecule has 1 aliphatic heterocycles. The first-order chi connectivity index (χ1) is 14.3. The second-order valence-corrected chi connectivity index (χ2v) is 7.81. The number of ketones is 1. The van der Waals surface area contributed by atoms with Gasteiger partial charge in [0, 0.05) is 11.1 Å². The third-order valence-corrected chi connectivity index (χ3v) is 5.66. The van der Waals surface area contributed by atoms with Crippen LogP contribution in [0, 0.1) is 19.7 Å². The van der Waals surface area contributed by atoms with Crippen molar-refractivity contribution in [3.8, 4) is 0 Å². The minimum atomic E-state index is -1.96. The molecular weight excluding hydrogens is 381 g/mol. The first-order valence-corrected chi connectivity index (χ1v) is 9.78. The number of benzene rings is 3. The van der Waals surface area contributed by atoms with Crippen molar-refractivity contribution in [1.29, 1.82) is 0 Å². The Hall–Kier alpha value is -3.31. The Morgan fingerprint density at radius 3 is 2.47 bits per heavy atom. The Labute approximate surface area is 174 Å². The molecule has 4 nitrogen and oxygen atoms in total. The van der Waals surface area contributed by atoms with E-state index >= 15 is 0 Å². The Morgan fingerprint density at radius 1 is 1.03 bits per heavy atom. The summed E-state index contributed by atoms with van der Waals surface area (Å²) in [4.78, 5) is 27.7. The van der Waals surface area contributed by atoms with E-state index in [-0.39, 0.29) is 5.56 Å². The number of para-hydroxylation sites is 1. The van der Waals surface area contributed by atoms with Crippen molar-refractivity contribution in [2.75, 3.05) is 4.90 Å². The highest BCUT2D eigenvalue weighted by atomic mass is 19.1. The van der Waals surface area contributed by atoms with Gasteiger partial charge >= 0.3 is 0 Å². The summed E-state index contributed by atoms with van der Waals surface area (Å²) in [7, 11) is 0. The number of rotatable bonds is 5. The highest BCUT2D eigenvalue weighted by molar-refractivity contribution is 6.10. The average Bonchev–Trinajstić information content (AvgIpc) is 2.93. The van der Waals surface area contributed by atoms with Crippen LogP contribution in [0.5, 0.6) is 0 Å². The molecular formula is C25H22FNO3. The van der Waals surface area contributed by atoms with Crippen molar-refractivity contribution in [2.45, 2.75) is 32.4 Å². The molecule has 1 atom stereocenters. The molecule has 5 heteroatoms. The second-order valence-electron chi connectivity index (χ2n) is 7.81. The molecule has 3 aromatic carbocycles. The van der Waals surface area contributed by atoms with Crippen LogP contribution in [0.4, 0.5) is 10.1 Å². The molecule has 0 aromatic heterocycles. The molecule has 1 N–H and O–H groups in total. The summed E-state index contributed by atoms with van der Waals surface area (Å²) in [6, 6.07) is 18.1. The topological polar surface area (TPSA) is 57.6 Å². The van der Waals surface area contributed by atoms with Gasteiger partial charge in [-0.1, -0.05) is 42.0 Å². The lowest BCUT2D eigenvalue weighted by molar-refractivity contribution is -0.136. The molecule has 0 unspecified atom stereocenters. The number of fused-ring (bicyclic) bond motifs is 1. The number of nitrogens with zero attached hydrogens (tertiary/aromatic N) is 1. The molecule has 0 saturated carbocycles. The van der Waals surface area contributed by atoms with E-state index in [0.717, 1.165) is 16.7 Å². The fourth-order valence-corrected chi connectivity index (χ4v) is 3.95. The number of halogens is 1. The fraction of sp³-hybridized carbons (Fsp3) is 0.200. The standard InChI is InChI=1S/C25H22FNO3/c1-16-7-8-17(2)19(13-16)15-27-22-6-4-3-5-21(22)25(30,24(27)29)14-23(28)18-9-11-20(26)12-10-18/h3-13,30H,14-15H2,1-2H3/t25-/m0/s1. The zero-order chi connectivity index (χ0) is 21.5. The molecule has 0 aliphatic carbocycles. The predicted molar refractivity (Wildman–Crippen MR) is 113 cm³/mol. The van der Waals surface area contributed by atoms with Gasteiger partial charge in [0.15, 0.2) is 11.4 Å². The van der Waals surface area contributed by atoms with Gasteiger partial charge in [-0.2, -0.15) is 0 Å². The number of anilines is 1. The van der Waals surface area contributed by atoms with Crippen molar-refractivity contribution >= 4 is 17.4 Å². The summed E-state index contributed by atoms with van der Waals surface area (Å²) in [5.74, 6) is -1.40. The quantitative estimate of drug-likeness (QED) is 0.641. The highest BCUT2D eigenvalue weighted by Crippen LogP contribution is 2.43. The molecule has 3 aromatic rings. The molecule has 1 aliphatic rings. The number of aryl methyl sites for hydroxylation is 2. The maximum Gasteiger partial charge on any atom is 0.264 e. The van der Waals surface area contributed by atoms with Gasteiger partial charge in [0.2, 0.25) is 0 Å². The van der Waals surface area contributed by atoms with Crippen LogP contribution < -0.4 is 4.90 Å². The van der Waals surface area contributed by atoms with Crippen molar-refractivity contribution in [2.24, 2.45) is 0 Å². The van der Waals surface area contributed by atoms with E-state index < -0.39 is 29.5 Å². The minimum Gasteiger partial charge on any atom is -0.375 e. The summed E-state index contributed by atoms with van der Waals surface area (Å²) >= 11 is 0. The van der Waals surface area contributed by atoms with Crippen LogP contribution in [0.1, 0.15) is 39.0 Å². The second kappa shape index (κ2) is 7.50. The van der Waals surface area contributed by atoms with Crippen LogP contribution in [-0.2, 0) is 16.9 Å². The zero-order valence-electron chi connectivity index (χ0n) is 16.9. The number of carbonyl (C=O) groups is 2.